The summed E-state index contributed by atoms with van der Waals surface area (Å²) in [5.74, 6) is 2.61. The molecule has 0 aliphatic carbocycles. The van der Waals surface area contributed by atoms with E-state index >= 15 is 0 Å². The summed E-state index contributed by atoms with van der Waals surface area (Å²) in [5.41, 5.74) is 2.34. The zero-order valence-electron chi connectivity index (χ0n) is 10.5. The third-order valence-electron chi connectivity index (χ3n) is 3.47. The molecule has 0 radical (unpaired) electrons. The molecule has 1 atom stereocenters. The molecule has 1 saturated heterocycles. The van der Waals surface area contributed by atoms with Crippen LogP contribution in [0.1, 0.15) is 12.8 Å². The number of benzene rings is 1. The van der Waals surface area contributed by atoms with Gasteiger partial charge in [-0.1, -0.05) is 12.1 Å². The molecule has 1 unspecified atom stereocenters. The van der Waals surface area contributed by atoms with Gasteiger partial charge in [-0.3, -0.25) is 0 Å². The van der Waals surface area contributed by atoms with Crippen molar-refractivity contribution < 1.29 is 0 Å². The number of aromatic nitrogens is 2. The smallest absolute Gasteiger partial charge is 0.0958 e. The summed E-state index contributed by atoms with van der Waals surface area (Å²) < 4.78 is 2.25. The standard InChI is InChI=1S/C14H19N3S/c1-2-5-14-13(4-1)16-11-17(14)8-3-7-15-12-6-9-18-10-12/h1-2,4-5,11-12,15H,3,6-10H2. The molecule has 18 heavy (non-hydrogen) atoms. The van der Waals surface area contributed by atoms with Crippen LogP contribution in [0.25, 0.3) is 11.0 Å². The molecule has 2 aromatic rings. The Hall–Kier alpha value is -1.000. The first kappa shape index (κ1) is 12.1. The third kappa shape index (κ3) is 2.70. The molecule has 0 saturated carbocycles. The van der Waals surface area contributed by atoms with Crippen molar-refractivity contribution in [3.63, 3.8) is 0 Å². The van der Waals surface area contributed by atoms with Crippen molar-refractivity contribution in [1.82, 2.24) is 14.9 Å². The van der Waals surface area contributed by atoms with E-state index in [0.717, 1.165) is 24.6 Å². The number of rotatable bonds is 5. The van der Waals surface area contributed by atoms with Crippen molar-refractivity contribution in [2.24, 2.45) is 0 Å². The van der Waals surface area contributed by atoms with E-state index in [2.05, 4.69) is 44.8 Å². The number of hydrogen-bond donors (Lipinski definition) is 1. The van der Waals surface area contributed by atoms with E-state index in [1.165, 1.54) is 29.9 Å². The maximum Gasteiger partial charge on any atom is 0.0958 e. The molecule has 1 aliphatic heterocycles. The fraction of sp³-hybridized carbons (Fsp3) is 0.500. The number of nitrogens with zero attached hydrogens (tertiary/aromatic N) is 2. The van der Waals surface area contributed by atoms with Crippen molar-refractivity contribution in [3.8, 4) is 0 Å². The number of nitrogens with one attached hydrogen (secondary N) is 1. The molecule has 1 aliphatic rings. The number of para-hydroxylation sites is 2. The Morgan fingerprint density at radius 1 is 1.39 bits per heavy atom. The van der Waals surface area contributed by atoms with Crippen molar-refractivity contribution in [3.05, 3.63) is 30.6 Å². The van der Waals surface area contributed by atoms with Crippen LogP contribution in [-0.2, 0) is 6.54 Å². The first-order chi connectivity index (χ1) is 8.93. The van der Waals surface area contributed by atoms with E-state index < -0.39 is 0 Å². The quantitative estimate of drug-likeness (QED) is 0.839. The van der Waals surface area contributed by atoms with Gasteiger partial charge in [-0.2, -0.15) is 11.8 Å². The molecule has 1 aromatic carbocycles. The second-order valence-corrected chi connectivity index (χ2v) is 5.94. The van der Waals surface area contributed by atoms with Crippen LogP contribution in [0, 0.1) is 0 Å². The largest absolute Gasteiger partial charge is 0.331 e. The second kappa shape index (κ2) is 5.76. The minimum absolute atomic E-state index is 0.745. The van der Waals surface area contributed by atoms with E-state index in [1.54, 1.807) is 0 Å². The monoisotopic (exact) mass is 261 g/mol. The van der Waals surface area contributed by atoms with E-state index in [4.69, 9.17) is 0 Å². The molecule has 0 amide bonds. The molecule has 96 valence electrons. The first-order valence-electron chi connectivity index (χ1n) is 6.64. The van der Waals surface area contributed by atoms with E-state index in [-0.39, 0.29) is 0 Å². The number of imidazole rings is 1. The van der Waals surface area contributed by atoms with Gasteiger partial charge in [0.05, 0.1) is 17.4 Å². The minimum Gasteiger partial charge on any atom is -0.331 e. The lowest BCUT2D eigenvalue weighted by Crippen LogP contribution is -2.29. The highest BCUT2D eigenvalue weighted by molar-refractivity contribution is 7.99. The molecule has 0 bridgehead atoms. The zero-order chi connectivity index (χ0) is 12.2. The Kier molecular flexibility index (Phi) is 3.86. The second-order valence-electron chi connectivity index (χ2n) is 4.79. The molecule has 1 N–H and O–H groups in total. The number of thioether (sulfide) groups is 1. The van der Waals surface area contributed by atoms with Crippen molar-refractivity contribution in [1.29, 1.82) is 0 Å². The summed E-state index contributed by atoms with van der Waals surface area (Å²) >= 11 is 2.06. The average Bonchev–Trinajstić information content (AvgIpc) is 3.04. The number of fused-ring (bicyclic) bond motifs is 1. The summed E-state index contributed by atoms with van der Waals surface area (Å²) in [6, 6.07) is 9.08. The maximum absolute atomic E-state index is 4.41. The summed E-state index contributed by atoms with van der Waals surface area (Å²) in [6.07, 6.45) is 4.45. The summed E-state index contributed by atoms with van der Waals surface area (Å²) in [6.45, 7) is 2.16. The Morgan fingerprint density at radius 2 is 2.33 bits per heavy atom. The highest BCUT2D eigenvalue weighted by atomic mass is 32.2. The van der Waals surface area contributed by atoms with Gasteiger partial charge in [-0.05, 0) is 37.3 Å². The van der Waals surface area contributed by atoms with Gasteiger partial charge in [0.1, 0.15) is 0 Å². The van der Waals surface area contributed by atoms with Crippen LogP contribution in [0.4, 0.5) is 0 Å². The van der Waals surface area contributed by atoms with Gasteiger partial charge in [-0.15, -0.1) is 0 Å². The maximum atomic E-state index is 4.41. The van der Waals surface area contributed by atoms with Crippen molar-refractivity contribution in [2.75, 3.05) is 18.1 Å². The van der Waals surface area contributed by atoms with Gasteiger partial charge in [0.25, 0.3) is 0 Å². The van der Waals surface area contributed by atoms with Crippen LogP contribution in [0.15, 0.2) is 30.6 Å². The van der Waals surface area contributed by atoms with Gasteiger partial charge < -0.3 is 9.88 Å². The van der Waals surface area contributed by atoms with Gasteiger partial charge in [0, 0.05) is 18.3 Å². The Balaban J connectivity index is 1.50. The van der Waals surface area contributed by atoms with Gasteiger partial charge in [0.15, 0.2) is 0 Å². The lowest BCUT2D eigenvalue weighted by molar-refractivity contribution is 0.521. The summed E-state index contributed by atoms with van der Waals surface area (Å²) in [4.78, 5) is 4.41. The molecule has 1 fully saturated rings. The van der Waals surface area contributed by atoms with E-state index in [0.29, 0.717) is 0 Å². The van der Waals surface area contributed by atoms with Crippen LogP contribution in [0.3, 0.4) is 0 Å². The molecule has 3 rings (SSSR count). The van der Waals surface area contributed by atoms with E-state index in [1.807, 2.05) is 12.4 Å². The molecule has 2 heterocycles. The predicted molar refractivity (Wildman–Crippen MR) is 78.1 cm³/mol. The number of aryl methyl sites for hydroxylation is 1. The SMILES string of the molecule is c1ccc2c(c1)ncn2CCCNC1CCSC1. The van der Waals surface area contributed by atoms with Crippen molar-refractivity contribution in [2.45, 2.75) is 25.4 Å². The van der Waals surface area contributed by atoms with Crippen molar-refractivity contribution >= 4 is 22.8 Å². The highest BCUT2D eigenvalue weighted by Gasteiger charge is 2.13. The summed E-state index contributed by atoms with van der Waals surface area (Å²) in [7, 11) is 0. The molecular formula is C14H19N3S. The number of hydrogen-bond acceptors (Lipinski definition) is 3. The highest BCUT2D eigenvalue weighted by Crippen LogP contribution is 2.17. The van der Waals surface area contributed by atoms with Crippen LogP contribution in [-0.4, -0.2) is 33.6 Å². The topological polar surface area (TPSA) is 29.9 Å². The lowest BCUT2D eigenvalue weighted by Gasteiger charge is -2.11. The zero-order valence-corrected chi connectivity index (χ0v) is 11.3. The summed E-state index contributed by atoms with van der Waals surface area (Å²) in [5, 5.41) is 3.64. The fourth-order valence-corrected chi connectivity index (χ4v) is 3.63. The molecular weight excluding hydrogens is 242 g/mol. The lowest BCUT2D eigenvalue weighted by atomic mass is 10.2. The molecule has 1 aromatic heterocycles. The van der Waals surface area contributed by atoms with Crippen LogP contribution >= 0.6 is 11.8 Å². The van der Waals surface area contributed by atoms with Crippen LogP contribution in [0.5, 0.6) is 0 Å². The van der Waals surface area contributed by atoms with Gasteiger partial charge in [-0.25, -0.2) is 4.98 Å². The molecule has 0 spiro atoms. The Bertz CT molecular complexity index is 502. The minimum atomic E-state index is 0.745. The van der Waals surface area contributed by atoms with E-state index in [9.17, 15) is 0 Å². The first-order valence-corrected chi connectivity index (χ1v) is 7.80. The molecule has 4 heteroatoms. The van der Waals surface area contributed by atoms with Crippen LogP contribution in [0.2, 0.25) is 0 Å². The normalized spacial score (nSPS) is 19.7. The van der Waals surface area contributed by atoms with Gasteiger partial charge in [0.2, 0.25) is 0 Å². The Morgan fingerprint density at radius 3 is 3.22 bits per heavy atom. The fourth-order valence-electron chi connectivity index (χ4n) is 2.44. The average molecular weight is 261 g/mol. The molecule has 3 nitrogen and oxygen atoms in total. The van der Waals surface area contributed by atoms with Gasteiger partial charge >= 0.3 is 0 Å². The predicted octanol–water partition coefficient (Wildman–Crippen LogP) is 2.52. The van der Waals surface area contributed by atoms with Crippen LogP contribution < -0.4 is 5.32 Å². The third-order valence-corrected chi connectivity index (χ3v) is 4.63. The Labute approximate surface area is 112 Å².